The van der Waals surface area contributed by atoms with Crippen molar-refractivity contribution in [2.75, 3.05) is 25.4 Å². The second-order valence-corrected chi connectivity index (χ2v) is 4.23. The zero-order chi connectivity index (χ0) is 11.4. The fourth-order valence-corrected chi connectivity index (χ4v) is 2.02. The second kappa shape index (κ2) is 5.27. The van der Waals surface area contributed by atoms with Crippen LogP contribution in [0.1, 0.15) is 18.9 Å². The van der Waals surface area contributed by atoms with Crippen molar-refractivity contribution in [1.29, 1.82) is 0 Å². The molecule has 2 rings (SSSR count). The lowest BCUT2D eigenvalue weighted by molar-refractivity contribution is -0.0324. The first-order chi connectivity index (χ1) is 7.78. The summed E-state index contributed by atoms with van der Waals surface area (Å²) in [4.78, 5) is 6.41. The number of ether oxygens (including phenoxy) is 1. The summed E-state index contributed by atoms with van der Waals surface area (Å²) in [6, 6.07) is 3.96. The summed E-state index contributed by atoms with van der Waals surface area (Å²) in [7, 11) is 0. The van der Waals surface area contributed by atoms with Crippen molar-refractivity contribution >= 4 is 5.82 Å². The first-order valence-electron chi connectivity index (χ1n) is 5.82. The first-order valence-corrected chi connectivity index (χ1v) is 5.82. The minimum absolute atomic E-state index is 0.382. The Morgan fingerprint density at radius 3 is 3.25 bits per heavy atom. The van der Waals surface area contributed by atoms with Gasteiger partial charge in [-0.3, -0.25) is 4.90 Å². The maximum atomic E-state index is 5.66. The molecule has 1 aliphatic heterocycles. The van der Waals surface area contributed by atoms with E-state index in [0.717, 1.165) is 32.7 Å². The van der Waals surface area contributed by atoms with Crippen molar-refractivity contribution in [2.45, 2.75) is 26.0 Å². The molecule has 16 heavy (non-hydrogen) atoms. The maximum Gasteiger partial charge on any atom is 0.123 e. The van der Waals surface area contributed by atoms with E-state index < -0.39 is 0 Å². The molecule has 1 aromatic heterocycles. The Hall–Kier alpha value is -1.13. The van der Waals surface area contributed by atoms with Crippen LogP contribution in [0, 0.1) is 0 Å². The normalized spacial score (nSPS) is 22.2. The number of nitrogens with zero attached hydrogens (tertiary/aromatic N) is 2. The van der Waals surface area contributed by atoms with E-state index in [4.69, 9.17) is 10.5 Å². The van der Waals surface area contributed by atoms with Crippen LogP contribution in [0.5, 0.6) is 0 Å². The van der Waals surface area contributed by atoms with Crippen molar-refractivity contribution in [2.24, 2.45) is 0 Å². The summed E-state index contributed by atoms with van der Waals surface area (Å²) in [5.74, 6) is 0.595. The van der Waals surface area contributed by atoms with Gasteiger partial charge in [0, 0.05) is 25.8 Å². The lowest BCUT2D eigenvalue weighted by Crippen LogP contribution is -2.41. The molecule has 0 aliphatic carbocycles. The molecule has 1 fully saturated rings. The minimum Gasteiger partial charge on any atom is -0.384 e. The summed E-state index contributed by atoms with van der Waals surface area (Å²) in [6.45, 7) is 5.95. The summed E-state index contributed by atoms with van der Waals surface area (Å²) >= 11 is 0. The predicted octanol–water partition coefficient (Wildman–Crippen LogP) is 1.27. The van der Waals surface area contributed by atoms with Crippen LogP contribution in [0.15, 0.2) is 18.3 Å². The Morgan fingerprint density at radius 1 is 1.62 bits per heavy atom. The van der Waals surface area contributed by atoms with Crippen LogP contribution in [0.25, 0.3) is 0 Å². The molecule has 0 radical (unpaired) electrons. The zero-order valence-corrected chi connectivity index (χ0v) is 9.72. The standard InChI is InChI=1S/C12H19N3O/c1-2-11-9-15(5-6-16-11)8-10-3-4-14-12(13)7-10/h3-4,7,11H,2,5-6,8-9H2,1H3,(H2,13,14)/t11-/m0/s1. The van der Waals surface area contributed by atoms with E-state index in [1.165, 1.54) is 5.56 Å². The molecule has 2 heterocycles. The Kier molecular flexibility index (Phi) is 3.74. The van der Waals surface area contributed by atoms with Gasteiger partial charge in [0.15, 0.2) is 0 Å². The van der Waals surface area contributed by atoms with Gasteiger partial charge in [0.1, 0.15) is 5.82 Å². The molecule has 88 valence electrons. The molecule has 0 unspecified atom stereocenters. The highest BCUT2D eigenvalue weighted by Crippen LogP contribution is 2.12. The maximum absolute atomic E-state index is 5.66. The van der Waals surface area contributed by atoms with Gasteiger partial charge in [-0.25, -0.2) is 4.98 Å². The van der Waals surface area contributed by atoms with Gasteiger partial charge in [0.25, 0.3) is 0 Å². The molecule has 0 aromatic carbocycles. The van der Waals surface area contributed by atoms with E-state index in [0.29, 0.717) is 11.9 Å². The molecule has 0 amide bonds. The highest BCUT2D eigenvalue weighted by Gasteiger charge is 2.18. The van der Waals surface area contributed by atoms with Crippen molar-refractivity contribution in [3.8, 4) is 0 Å². The predicted molar refractivity (Wildman–Crippen MR) is 64.0 cm³/mol. The number of aromatic nitrogens is 1. The minimum atomic E-state index is 0.382. The third kappa shape index (κ3) is 2.93. The molecule has 1 aliphatic rings. The summed E-state index contributed by atoms with van der Waals surface area (Å²) in [5, 5.41) is 0. The van der Waals surface area contributed by atoms with Crippen LogP contribution in [0.3, 0.4) is 0 Å². The van der Waals surface area contributed by atoms with E-state index in [-0.39, 0.29) is 0 Å². The molecule has 0 bridgehead atoms. The van der Waals surface area contributed by atoms with Gasteiger partial charge in [0.05, 0.1) is 12.7 Å². The highest BCUT2D eigenvalue weighted by atomic mass is 16.5. The number of morpholine rings is 1. The fourth-order valence-electron chi connectivity index (χ4n) is 2.02. The topological polar surface area (TPSA) is 51.4 Å². The largest absolute Gasteiger partial charge is 0.384 e. The average Bonchev–Trinajstić information content (AvgIpc) is 2.29. The molecule has 0 saturated carbocycles. The van der Waals surface area contributed by atoms with Crippen LogP contribution in [-0.4, -0.2) is 35.7 Å². The lowest BCUT2D eigenvalue weighted by atomic mass is 10.2. The summed E-state index contributed by atoms with van der Waals surface area (Å²) in [6.07, 6.45) is 3.23. The molecular formula is C12H19N3O. The van der Waals surface area contributed by atoms with Crippen LogP contribution in [0.4, 0.5) is 5.82 Å². The number of rotatable bonds is 3. The van der Waals surface area contributed by atoms with Gasteiger partial charge in [-0.1, -0.05) is 6.92 Å². The Bertz CT molecular complexity index is 343. The Labute approximate surface area is 96.4 Å². The smallest absolute Gasteiger partial charge is 0.123 e. The molecule has 4 heteroatoms. The molecule has 4 nitrogen and oxygen atoms in total. The van der Waals surface area contributed by atoms with Crippen molar-refractivity contribution < 1.29 is 4.74 Å². The monoisotopic (exact) mass is 221 g/mol. The highest BCUT2D eigenvalue weighted by molar-refractivity contribution is 5.31. The number of anilines is 1. The van der Waals surface area contributed by atoms with E-state index in [1.807, 2.05) is 12.1 Å². The average molecular weight is 221 g/mol. The third-order valence-corrected chi connectivity index (χ3v) is 2.93. The Morgan fingerprint density at radius 2 is 2.50 bits per heavy atom. The van der Waals surface area contributed by atoms with Crippen molar-refractivity contribution in [1.82, 2.24) is 9.88 Å². The van der Waals surface area contributed by atoms with E-state index >= 15 is 0 Å². The number of hydrogen-bond donors (Lipinski definition) is 1. The van der Waals surface area contributed by atoms with Gasteiger partial charge >= 0.3 is 0 Å². The van der Waals surface area contributed by atoms with Crippen LogP contribution in [0.2, 0.25) is 0 Å². The SMILES string of the molecule is CC[C@H]1CN(Cc2ccnc(N)c2)CCO1. The number of hydrogen-bond acceptors (Lipinski definition) is 4. The summed E-state index contributed by atoms with van der Waals surface area (Å²) < 4.78 is 5.64. The molecular weight excluding hydrogens is 202 g/mol. The third-order valence-electron chi connectivity index (χ3n) is 2.93. The van der Waals surface area contributed by atoms with Crippen LogP contribution >= 0.6 is 0 Å². The van der Waals surface area contributed by atoms with Crippen LogP contribution in [-0.2, 0) is 11.3 Å². The van der Waals surface area contributed by atoms with Crippen molar-refractivity contribution in [3.05, 3.63) is 23.9 Å². The summed E-state index contributed by atoms with van der Waals surface area (Å²) in [5.41, 5.74) is 6.89. The number of pyridine rings is 1. The first kappa shape index (κ1) is 11.4. The van der Waals surface area contributed by atoms with Gasteiger partial charge in [0.2, 0.25) is 0 Å². The van der Waals surface area contributed by atoms with Gasteiger partial charge in [-0.15, -0.1) is 0 Å². The van der Waals surface area contributed by atoms with Gasteiger partial charge in [-0.2, -0.15) is 0 Å². The number of nitrogen functional groups attached to an aromatic ring is 1. The lowest BCUT2D eigenvalue weighted by Gasteiger charge is -2.32. The molecule has 0 spiro atoms. The molecule has 1 aromatic rings. The van der Waals surface area contributed by atoms with Crippen molar-refractivity contribution in [3.63, 3.8) is 0 Å². The van der Waals surface area contributed by atoms with E-state index in [2.05, 4.69) is 16.8 Å². The fraction of sp³-hybridized carbons (Fsp3) is 0.583. The van der Waals surface area contributed by atoms with E-state index in [9.17, 15) is 0 Å². The molecule has 1 atom stereocenters. The van der Waals surface area contributed by atoms with E-state index in [1.54, 1.807) is 6.20 Å². The van der Waals surface area contributed by atoms with Gasteiger partial charge in [-0.05, 0) is 24.1 Å². The quantitative estimate of drug-likeness (QED) is 0.835. The Balaban J connectivity index is 1.94. The second-order valence-electron chi connectivity index (χ2n) is 4.23. The zero-order valence-electron chi connectivity index (χ0n) is 9.72. The molecule has 1 saturated heterocycles. The van der Waals surface area contributed by atoms with Gasteiger partial charge < -0.3 is 10.5 Å². The van der Waals surface area contributed by atoms with Crippen LogP contribution < -0.4 is 5.73 Å². The molecule has 2 N–H and O–H groups in total. The number of nitrogens with two attached hydrogens (primary N) is 1.